The molecule has 4 heteroatoms. The van der Waals surface area contributed by atoms with Crippen molar-refractivity contribution >= 4 is 5.97 Å². The maximum Gasteiger partial charge on any atom is 0.317 e. The van der Waals surface area contributed by atoms with Crippen molar-refractivity contribution in [1.82, 2.24) is 4.90 Å². The van der Waals surface area contributed by atoms with Crippen LogP contribution in [0.5, 0.6) is 5.75 Å². The Kier molecular flexibility index (Phi) is 5.62. The molecule has 1 saturated carbocycles. The number of rotatable bonds is 7. The molecule has 0 heterocycles. The first-order valence-electron chi connectivity index (χ1n) is 7.76. The monoisotopic (exact) mass is 291 g/mol. The van der Waals surface area contributed by atoms with E-state index >= 15 is 0 Å². The lowest BCUT2D eigenvalue weighted by Crippen LogP contribution is -2.37. The SMILES string of the molecule is CC(C)Oc1ccc(CN(CC(=O)O)C2CCCC2)cc1. The van der Waals surface area contributed by atoms with Gasteiger partial charge in [-0.2, -0.15) is 0 Å². The minimum atomic E-state index is -0.748. The molecule has 1 fully saturated rings. The first-order chi connectivity index (χ1) is 10.0. The molecule has 0 spiro atoms. The Labute approximate surface area is 126 Å². The Morgan fingerprint density at radius 2 is 1.90 bits per heavy atom. The van der Waals surface area contributed by atoms with Crippen LogP contribution in [-0.4, -0.2) is 34.7 Å². The van der Waals surface area contributed by atoms with Crippen LogP contribution in [-0.2, 0) is 11.3 Å². The molecule has 0 radical (unpaired) electrons. The predicted molar refractivity (Wildman–Crippen MR) is 82.5 cm³/mol. The predicted octanol–water partition coefficient (Wildman–Crippen LogP) is 3.30. The lowest BCUT2D eigenvalue weighted by atomic mass is 10.1. The third-order valence-corrected chi connectivity index (χ3v) is 3.86. The van der Waals surface area contributed by atoms with E-state index in [0.717, 1.165) is 24.2 Å². The molecule has 0 aliphatic heterocycles. The Morgan fingerprint density at radius 3 is 2.43 bits per heavy atom. The standard InChI is InChI=1S/C17H25NO3/c1-13(2)21-16-9-7-14(8-10-16)11-18(12-17(19)20)15-5-3-4-6-15/h7-10,13,15H,3-6,11-12H2,1-2H3,(H,19,20). The molecular weight excluding hydrogens is 266 g/mol. The van der Waals surface area contributed by atoms with Gasteiger partial charge in [0.1, 0.15) is 5.75 Å². The Balaban J connectivity index is 2.00. The van der Waals surface area contributed by atoms with Crippen molar-refractivity contribution in [2.45, 2.75) is 58.2 Å². The van der Waals surface area contributed by atoms with Crippen LogP contribution in [0.2, 0.25) is 0 Å². The Bertz CT molecular complexity index is 450. The van der Waals surface area contributed by atoms with Gasteiger partial charge < -0.3 is 9.84 Å². The van der Waals surface area contributed by atoms with Crippen molar-refractivity contribution in [3.05, 3.63) is 29.8 Å². The second-order valence-corrected chi connectivity index (χ2v) is 6.05. The van der Waals surface area contributed by atoms with Gasteiger partial charge in [-0.25, -0.2) is 0 Å². The molecule has 1 aromatic rings. The number of ether oxygens (including phenoxy) is 1. The number of hydrogen-bond donors (Lipinski definition) is 1. The van der Waals surface area contributed by atoms with Crippen molar-refractivity contribution in [1.29, 1.82) is 0 Å². The normalized spacial score (nSPS) is 15.8. The molecule has 1 aromatic carbocycles. The molecule has 2 rings (SSSR count). The summed E-state index contributed by atoms with van der Waals surface area (Å²) in [7, 11) is 0. The van der Waals surface area contributed by atoms with E-state index in [1.54, 1.807) is 0 Å². The fourth-order valence-electron chi connectivity index (χ4n) is 2.94. The highest BCUT2D eigenvalue weighted by Crippen LogP contribution is 2.25. The second kappa shape index (κ2) is 7.46. The fourth-order valence-corrected chi connectivity index (χ4v) is 2.94. The zero-order valence-corrected chi connectivity index (χ0v) is 12.9. The molecule has 0 atom stereocenters. The summed E-state index contributed by atoms with van der Waals surface area (Å²) in [6.45, 7) is 4.82. The second-order valence-electron chi connectivity index (χ2n) is 6.05. The van der Waals surface area contributed by atoms with E-state index < -0.39 is 5.97 Å². The van der Waals surface area contributed by atoms with E-state index in [0.29, 0.717) is 12.6 Å². The van der Waals surface area contributed by atoms with Crippen molar-refractivity contribution in [3.63, 3.8) is 0 Å². The quantitative estimate of drug-likeness (QED) is 0.837. The zero-order chi connectivity index (χ0) is 15.2. The van der Waals surface area contributed by atoms with Crippen LogP contribution in [0.15, 0.2) is 24.3 Å². The van der Waals surface area contributed by atoms with Gasteiger partial charge >= 0.3 is 5.97 Å². The Hall–Kier alpha value is -1.55. The summed E-state index contributed by atoms with van der Waals surface area (Å²) >= 11 is 0. The smallest absolute Gasteiger partial charge is 0.317 e. The van der Waals surface area contributed by atoms with E-state index in [2.05, 4.69) is 4.90 Å². The summed E-state index contributed by atoms with van der Waals surface area (Å²) in [5, 5.41) is 9.10. The van der Waals surface area contributed by atoms with Crippen LogP contribution >= 0.6 is 0 Å². The van der Waals surface area contributed by atoms with Crippen LogP contribution in [0.4, 0.5) is 0 Å². The minimum absolute atomic E-state index is 0.120. The van der Waals surface area contributed by atoms with Crippen molar-refractivity contribution < 1.29 is 14.6 Å². The molecule has 116 valence electrons. The third-order valence-electron chi connectivity index (χ3n) is 3.86. The van der Waals surface area contributed by atoms with Crippen molar-refractivity contribution in [3.8, 4) is 5.75 Å². The van der Waals surface area contributed by atoms with Crippen LogP contribution in [0.25, 0.3) is 0 Å². The van der Waals surface area contributed by atoms with Gasteiger partial charge in [0, 0.05) is 12.6 Å². The summed E-state index contributed by atoms with van der Waals surface area (Å²) in [4.78, 5) is 13.2. The maximum atomic E-state index is 11.1. The first kappa shape index (κ1) is 15.8. The molecular formula is C17H25NO3. The van der Waals surface area contributed by atoms with Gasteiger partial charge in [-0.1, -0.05) is 25.0 Å². The number of benzene rings is 1. The van der Waals surface area contributed by atoms with E-state index in [1.807, 2.05) is 38.1 Å². The highest BCUT2D eigenvalue weighted by molar-refractivity contribution is 5.69. The minimum Gasteiger partial charge on any atom is -0.491 e. The summed E-state index contributed by atoms with van der Waals surface area (Å²) in [6, 6.07) is 8.39. The number of carboxylic acids is 1. The van der Waals surface area contributed by atoms with Gasteiger partial charge in [-0.05, 0) is 44.4 Å². The van der Waals surface area contributed by atoms with E-state index in [-0.39, 0.29) is 12.6 Å². The molecule has 4 nitrogen and oxygen atoms in total. The largest absolute Gasteiger partial charge is 0.491 e. The average Bonchev–Trinajstić information content (AvgIpc) is 2.93. The topological polar surface area (TPSA) is 49.8 Å². The maximum absolute atomic E-state index is 11.1. The summed E-state index contributed by atoms with van der Waals surface area (Å²) < 4.78 is 5.63. The lowest BCUT2D eigenvalue weighted by molar-refractivity contribution is -0.139. The van der Waals surface area contributed by atoms with E-state index in [1.165, 1.54) is 12.8 Å². The van der Waals surface area contributed by atoms with Crippen LogP contribution in [0.1, 0.15) is 45.1 Å². The van der Waals surface area contributed by atoms with E-state index in [4.69, 9.17) is 9.84 Å². The van der Waals surface area contributed by atoms with Crippen LogP contribution in [0, 0.1) is 0 Å². The number of hydrogen-bond acceptors (Lipinski definition) is 3. The van der Waals surface area contributed by atoms with Gasteiger partial charge in [0.05, 0.1) is 12.6 Å². The zero-order valence-electron chi connectivity index (χ0n) is 12.9. The Morgan fingerprint density at radius 1 is 1.29 bits per heavy atom. The number of carbonyl (C=O) groups is 1. The molecule has 0 bridgehead atoms. The number of nitrogens with zero attached hydrogens (tertiary/aromatic N) is 1. The first-order valence-corrected chi connectivity index (χ1v) is 7.76. The molecule has 0 aromatic heterocycles. The molecule has 1 N–H and O–H groups in total. The highest BCUT2D eigenvalue weighted by Gasteiger charge is 2.24. The van der Waals surface area contributed by atoms with Gasteiger partial charge in [0.25, 0.3) is 0 Å². The molecule has 0 unspecified atom stereocenters. The summed E-state index contributed by atoms with van der Waals surface area (Å²) in [5.41, 5.74) is 1.14. The van der Waals surface area contributed by atoms with E-state index in [9.17, 15) is 4.79 Å². The molecule has 0 saturated heterocycles. The third kappa shape index (κ3) is 5.05. The van der Waals surface area contributed by atoms with Gasteiger partial charge in [0.15, 0.2) is 0 Å². The summed E-state index contributed by atoms with van der Waals surface area (Å²) in [5.74, 6) is 0.112. The average molecular weight is 291 g/mol. The van der Waals surface area contributed by atoms with Gasteiger partial charge in [0.2, 0.25) is 0 Å². The molecule has 1 aliphatic carbocycles. The van der Waals surface area contributed by atoms with Crippen LogP contribution in [0.3, 0.4) is 0 Å². The molecule has 0 amide bonds. The molecule has 1 aliphatic rings. The van der Waals surface area contributed by atoms with Crippen molar-refractivity contribution in [2.75, 3.05) is 6.54 Å². The number of carboxylic acid groups (broad SMARTS) is 1. The lowest BCUT2D eigenvalue weighted by Gasteiger charge is -2.27. The summed E-state index contributed by atoms with van der Waals surface area (Å²) in [6.07, 6.45) is 4.81. The van der Waals surface area contributed by atoms with Crippen LogP contribution < -0.4 is 4.74 Å². The molecule has 21 heavy (non-hydrogen) atoms. The van der Waals surface area contributed by atoms with Gasteiger partial charge in [-0.3, -0.25) is 9.69 Å². The fraction of sp³-hybridized carbons (Fsp3) is 0.588. The highest BCUT2D eigenvalue weighted by atomic mass is 16.5. The van der Waals surface area contributed by atoms with Gasteiger partial charge in [-0.15, -0.1) is 0 Å². The number of aliphatic carboxylic acids is 1. The van der Waals surface area contributed by atoms with Crippen molar-refractivity contribution in [2.24, 2.45) is 0 Å².